The van der Waals surface area contributed by atoms with Gasteiger partial charge in [0.15, 0.2) is 0 Å². The predicted molar refractivity (Wildman–Crippen MR) is 77.8 cm³/mol. The molecule has 7 heteroatoms. The number of benzene rings is 1. The van der Waals surface area contributed by atoms with Crippen LogP contribution in [0.3, 0.4) is 0 Å². The number of nitrogens with one attached hydrogen (secondary N) is 1. The molecule has 2 aromatic rings. The first-order valence-electron chi connectivity index (χ1n) is 7.08. The Balaban J connectivity index is 1.96. The number of carbonyl (C=O) groups excluding carboxylic acids is 1. The molecule has 2 atom stereocenters. The van der Waals surface area contributed by atoms with Crippen molar-refractivity contribution < 1.29 is 18.7 Å². The van der Waals surface area contributed by atoms with Crippen molar-refractivity contribution >= 4 is 5.91 Å². The van der Waals surface area contributed by atoms with Crippen LogP contribution < -0.4 is 5.56 Å². The van der Waals surface area contributed by atoms with Gasteiger partial charge in [0, 0.05) is 24.4 Å². The number of β-amino-alcohol motifs (C(OH)–C–C–N with tert-alkyl or cyclic N) is 1. The number of nitrogens with zero attached hydrogens (tertiary/aromatic N) is 1. The Kier molecular flexibility index (Phi) is 3.96. The lowest BCUT2D eigenvalue weighted by atomic mass is 10.0. The number of hydrogen-bond donors (Lipinski definition) is 2. The van der Waals surface area contributed by atoms with Gasteiger partial charge in [0.1, 0.15) is 11.6 Å². The van der Waals surface area contributed by atoms with E-state index in [9.17, 15) is 23.5 Å². The fourth-order valence-electron chi connectivity index (χ4n) is 2.81. The molecular formula is C16H14F2N2O3. The maximum atomic E-state index is 14.0. The second-order valence-corrected chi connectivity index (χ2v) is 5.47. The lowest BCUT2D eigenvalue weighted by Gasteiger charge is -2.25. The van der Waals surface area contributed by atoms with Gasteiger partial charge >= 0.3 is 0 Å². The quantitative estimate of drug-likeness (QED) is 0.883. The minimum Gasteiger partial charge on any atom is -0.391 e. The Morgan fingerprint density at radius 1 is 1.26 bits per heavy atom. The summed E-state index contributed by atoms with van der Waals surface area (Å²) in [7, 11) is 0. The summed E-state index contributed by atoms with van der Waals surface area (Å²) >= 11 is 0. The highest BCUT2D eigenvalue weighted by Gasteiger charge is 2.37. The van der Waals surface area contributed by atoms with Crippen LogP contribution in [0.5, 0.6) is 0 Å². The topological polar surface area (TPSA) is 73.4 Å². The molecule has 0 aliphatic carbocycles. The number of likely N-dealkylation sites (tertiary alicyclic amines) is 1. The number of hydrogen-bond acceptors (Lipinski definition) is 3. The van der Waals surface area contributed by atoms with E-state index in [1.807, 2.05) is 0 Å². The van der Waals surface area contributed by atoms with Gasteiger partial charge in [-0.15, -0.1) is 0 Å². The highest BCUT2D eigenvalue weighted by atomic mass is 19.1. The van der Waals surface area contributed by atoms with E-state index in [1.165, 1.54) is 23.2 Å². The molecule has 1 saturated heterocycles. The van der Waals surface area contributed by atoms with E-state index < -0.39 is 29.7 Å². The zero-order chi connectivity index (χ0) is 16.6. The summed E-state index contributed by atoms with van der Waals surface area (Å²) < 4.78 is 27.4. The Morgan fingerprint density at radius 3 is 2.74 bits per heavy atom. The van der Waals surface area contributed by atoms with Crippen LogP contribution in [0.15, 0.2) is 41.3 Å². The van der Waals surface area contributed by atoms with Gasteiger partial charge in [0.25, 0.3) is 5.91 Å². The Labute approximate surface area is 130 Å². The van der Waals surface area contributed by atoms with Crippen LogP contribution in [-0.4, -0.2) is 33.5 Å². The first-order chi connectivity index (χ1) is 11.0. The van der Waals surface area contributed by atoms with Crippen LogP contribution in [0, 0.1) is 11.6 Å². The number of H-pyrrole nitrogens is 1. The zero-order valence-electron chi connectivity index (χ0n) is 12.0. The monoisotopic (exact) mass is 320 g/mol. The largest absolute Gasteiger partial charge is 0.391 e. The van der Waals surface area contributed by atoms with Gasteiger partial charge in [-0.05, 0) is 30.7 Å². The fourth-order valence-corrected chi connectivity index (χ4v) is 2.81. The van der Waals surface area contributed by atoms with Crippen LogP contribution in [0.2, 0.25) is 0 Å². The van der Waals surface area contributed by atoms with E-state index in [-0.39, 0.29) is 29.7 Å². The SMILES string of the molecule is O=C(c1ccc(=O)[nH]c1)N1C[C@@H](O)C[C@@H]1c1cc(F)ccc1F. The minimum absolute atomic E-state index is 0.0125. The van der Waals surface area contributed by atoms with Crippen LogP contribution >= 0.6 is 0 Å². The van der Waals surface area contributed by atoms with Gasteiger partial charge in [-0.25, -0.2) is 8.78 Å². The van der Waals surface area contributed by atoms with Gasteiger partial charge in [-0.1, -0.05) is 0 Å². The molecule has 0 unspecified atom stereocenters. The number of amides is 1. The summed E-state index contributed by atoms with van der Waals surface area (Å²) in [6.07, 6.45) is 0.554. The summed E-state index contributed by atoms with van der Waals surface area (Å²) in [5, 5.41) is 9.86. The molecule has 1 aliphatic rings. The van der Waals surface area contributed by atoms with Crippen molar-refractivity contribution in [2.75, 3.05) is 6.54 Å². The maximum absolute atomic E-state index is 14.0. The highest BCUT2D eigenvalue weighted by molar-refractivity contribution is 5.94. The second-order valence-electron chi connectivity index (χ2n) is 5.47. The molecule has 0 spiro atoms. The number of carbonyl (C=O) groups is 1. The number of aliphatic hydroxyl groups excluding tert-OH is 1. The highest BCUT2D eigenvalue weighted by Crippen LogP contribution is 2.34. The normalized spacial score (nSPS) is 20.7. The molecule has 0 radical (unpaired) electrons. The maximum Gasteiger partial charge on any atom is 0.255 e. The number of rotatable bonds is 2. The van der Waals surface area contributed by atoms with E-state index in [2.05, 4.69) is 4.98 Å². The number of pyridine rings is 1. The molecule has 23 heavy (non-hydrogen) atoms. The lowest BCUT2D eigenvalue weighted by molar-refractivity contribution is 0.0713. The van der Waals surface area contributed by atoms with E-state index in [0.29, 0.717) is 0 Å². The third-order valence-corrected chi connectivity index (χ3v) is 3.89. The molecule has 5 nitrogen and oxygen atoms in total. The van der Waals surface area contributed by atoms with Crippen molar-refractivity contribution in [2.45, 2.75) is 18.6 Å². The molecule has 1 aromatic carbocycles. The molecule has 1 aliphatic heterocycles. The van der Waals surface area contributed by atoms with Gasteiger partial charge in [-0.3, -0.25) is 9.59 Å². The molecule has 0 bridgehead atoms. The predicted octanol–water partition coefficient (Wildman–Crippen LogP) is 1.60. The number of aliphatic hydroxyl groups is 1. The first kappa shape index (κ1) is 15.4. The summed E-state index contributed by atoms with van der Waals surface area (Å²) in [5.74, 6) is -1.71. The first-order valence-corrected chi connectivity index (χ1v) is 7.08. The lowest BCUT2D eigenvalue weighted by Crippen LogP contribution is -2.32. The van der Waals surface area contributed by atoms with Crippen LogP contribution in [0.4, 0.5) is 8.78 Å². The molecular weight excluding hydrogens is 306 g/mol. The fraction of sp³-hybridized carbons (Fsp3) is 0.250. The minimum atomic E-state index is -0.825. The summed E-state index contributed by atoms with van der Waals surface area (Å²) in [6, 6.07) is 4.82. The van der Waals surface area contributed by atoms with Crippen molar-refractivity contribution in [1.82, 2.24) is 9.88 Å². The summed E-state index contributed by atoms with van der Waals surface area (Å²) in [5.41, 5.74) is -0.115. The second kappa shape index (κ2) is 5.92. The van der Waals surface area contributed by atoms with Crippen LogP contribution in [0.1, 0.15) is 28.4 Å². The van der Waals surface area contributed by atoms with Crippen molar-refractivity contribution in [3.05, 3.63) is 69.6 Å². The number of aromatic nitrogens is 1. The average molecular weight is 320 g/mol. The summed E-state index contributed by atoms with van der Waals surface area (Å²) in [4.78, 5) is 27.3. The van der Waals surface area contributed by atoms with Gasteiger partial charge < -0.3 is 15.0 Å². The third kappa shape index (κ3) is 3.00. The third-order valence-electron chi connectivity index (χ3n) is 3.89. The molecule has 120 valence electrons. The smallest absolute Gasteiger partial charge is 0.255 e. The average Bonchev–Trinajstić information content (AvgIpc) is 2.91. The summed E-state index contributed by atoms with van der Waals surface area (Å²) in [6.45, 7) is 0.0125. The van der Waals surface area contributed by atoms with Crippen molar-refractivity contribution in [3.63, 3.8) is 0 Å². The van der Waals surface area contributed by atoms with Gasteiger partial charge in [-0.2, -0.15) is 0 Å². The molecule has 1 aromatic heterocycles. The van der Waals surface area contributed by atoms with Crippen molar-refractivity contribution in [2.24, 2.45) is 0 Å². The Hall–Kier alpha value is -2.54. The van der Waals surface area contributed by atoms with Crippen molar-refractivity contribution in [3.8, 4) is 0 Å². The van der Waals surface area contributed by atoms with E-state index in [1.54, 1.807) is 0 Å². The van der Waals surface area contributed by atoms with E-state index in [4.69, 9.17) is 0 Å². The molecule has 1 fully saturated rings. The van der Waals surface area contributed by atoms with E-state index in [0.717, 1.165) is 18.2 Å². The van der Waals surface area contributed by atoms with Gasteiger partial charge in [0.2, 0.25) is 5.56 Å². The van der Waals surface area contributed by atoms with Crippen LogP contribution in [0.25, 0.3) is 0 Å². The van der Waals surface area contributed by atoms with E-state index >= 15 is 0 Å². The molecule has 2 N–H and O–H groups in total. The molecule has 2 heterocycles. The Bertz CT molecular complexity index is 786. The Morgan fingerprint density at radius 2 is 2.04 bits per heavy atom. The van der Waals surface area contributed by atoms with Gasteiger partial charge in [0.05, 0.1) is 17.7 Å². The molecule has 1 amide bonds. The number of aromatic amines is 1. The zero-order valence-corrected chi connectivity index (χ0v) is 12.0. The standard InChI is InChI=1S/C16H14F2N2O3/c17-10-2-3-13(18)12(5-10)14-6-11(21)8-20(14)16(23)9-1-4-15(22)19-7-9/h1-5,7,11,14,21H,6,8H2,(H,19,22)/t11-,14+/m0/s1. The number of halogens is 2. The molecule has 0 saturated carbocycles. The molecule has 3 rings (SSSR count). The van der Waals surface area contributed by atoms with Crippen LogP contribution in [-0.2, 0) is 0 Å². The van der Waals surface area contributed by atoms with Crippen molar-refractivity contribution in [1.29, 1.82) is 0 Å².